The van der Waals surface area contributed by atoms with Gasteiger partial charge in [0.05, 0.1) is 23.6 Å². The van der Waals surface area contributed by atoms with E-state index < -0.39 is 16.0 Å². The smallest absolute Gasteiger partial charge is 0.305 e. The molecule has 19 heavy (non-hydrogen) atoms. The summed E-state index contributed by atoms with van der Waals surface area (Å²) in [5, 5.41) is 0.305. The van der Waals surface area contributed by atoms with Crippen molar-refractivity contribution in [2.75, 3.05) is 17.6 Å². The van der Waals surface area contributed by atoms with Crippen LogP contribution in [-0.4, -0.2) is 27.2 Å². The molecule has 0 radical (unpaired) electrons. The summed E-state index contributed by atoms with van der Waals surface area (Å²) in [7, 11) is -2.28. The molecule has 0 aliphatic rings. The van der Waals surface area contributed by atoms with E-state index >= 15 is 0 Å². The van der Waals surface area contributed by atoms with Crippen LogP contribution >= 0.6 is 27.5 Å². The lowest BCUT2D eigenvalue weighted by Crippen LogP contribution is -2.18. The highest BCUT2D eigenvalue weighted by molar-refractivity contribution is 9.10. The molecule has 8 heteroatoms. The fourth-order valence-electron chi connectivity index (χ4n) is 1.30. The predicted molar refractivity (Wildman–Crippen MR) is 77.8 cm³/mol. The molecule has 5 nitrogen and oxygen atoms in total. The van der Waals surface area contributed by atoms with Crippen LogP contribution < -0.4 is 4.72 Å². The first kappa shape index (κ1) is 16.3. The summed E-state index contributed by atoms with van der Waals surface area (Å²) in [5.74, 6) is -0.610. The van der Waals surface area contributed by atoms with Crippen LogP contribution in [0.3, 0.4) is 0 Å². The zero-order valence-corrected chi connectivity index (χ0v) is 13.3. The van der Waals surface area contributed by atoms with Crippen LogP contribution in [0.15, 0.2) is 22.7 Å². The molecular formula is C11H13BrClNO4S. The Labute approximate surface area is 125 Å². The Bertz CT molecular complexity index is 562. The van der Waals surface area contributed by atoms with Gasteiger partial charge in [0.1, 0.15) is 0 Å². The summed E-state index contributed by atoms with van der Waals surface area (Å²) in [6.45, 7) is 0. The van der Waals surface area contributed by atoms with Gasteiger partial charge in [0.25, 0.3) is 0 Å². The maximum absolute atomic E-state index is 11.8. The van der Waals surface area contributed by atoms with Crippen LogP contribution in [0, 0.1) is 0 Å². The van der Waals surface area contributed by atoms with E-state index in [1.54, 1.807) is 18.2 Å². The Morgan fingerprint density at radius 2 is 2.16 bits per heavy atom. The minimum absolute atomic E-state index is 0.0592. The van der Waals surface area contributed by atoms with Gasteiger partial charge in [-0.1, -0.05) is 27.5 Å². The quantitative estimate of drug-likeness (QED) is 0.782. The highest BCUT2D eigenvalue weighted by atomic mass is 79.9. The Hall–Kier alpha value is -0.790. The third kappa shape index (κ3) is 5.80. The van der Waals surface area contributed by atoms with E-state index in [1.165, 1.54) is 7.11 Å². The number of hydrogen-bond acceptors (Lipinski definition) is 4. The molecular weight excluding hydrogens is 358 g/mol. The van der Waals surface area contributed by atoms with Gasteiger partial charge in [0, 0.05) is 10.9 Å². The molecule has 0 spiro atoms. The number of anilines is 1. The van der Waals surface area contributed by atoms with E-state index in [-0.39, 0.29) is 18.6 Å². The first-order chi connectivity index (χ1) is 8.84. The molecule has 0 aromatic heterocycles. The molecule has 0 amide bonds. The van der Waals surface area contributed by atoms with Crippen LogP contribution in [0.4, 0.5) is 5.69 Å². The standard InChI is InChI=1S/C11H13BrClNO4S/c1-18-11(15)3-2-6-19(16,17)14-10-7-8(12)4-5-9(10)13/h4-5,7,14H,2-3,6H2,1H3. The summed E-state index contributed by atoms with van der Waals surface area (Å²) in [4.78, 5) is 10.9. The van der Waals surface area contributed by atoms with Gasteiger partial charge in [-0.15, -0.1) is 0 Å². The number of carbonyl (C=O) groups is 1. The third-order valence-electron chi connectivity index (χ3n) is 2.22. The highest BCUT2D eigenvalue weighted by Gasteiger charge is 2.13. The van der Waals surface area contributed by atoms with E-state index in [1.807, 2.05) is 0 Å². The number of esters is 1. The van der Waals surface area contributed by atoms with Crippen molar-refractivity contribution < 1.29 is 17.9 Å². The van der Waals surface area contributed by atoms with Crippen molar-refractivity contribution in [2.24, 2.45) is 0 Å². The van der Waals surface area contributed by atoms with Crippen molar-refractivity contribution >= 4 is 49.2 Å². The molecule has 0 aliphatic heterocycles. The van der Waals surface area contributed by atoms with Crippen LogP contribution in [0.2, 0.25) is 5.02 Å². The average Bonchev–Trinajstić information content (AvgIpc) is 2.33. The van der Waals surface area contributed by atoms with Crippen LogP contribution in [0.1, 0.15) is 12.8 Å². The fraction of sp³-hybridized carbons (Fsp3) is 0.364. The van der Waals surface area contributed by atoms with Gasteiger partial charge >= 0.3 is 5.97 Å². The van der Waals surface area contributed by atoms with Crippen LogP contribution in [0.25, 0.3) is 0 Å². The van der Waals surface area contributed by atoms with Crippen molar-refractivity contribution in [3.8, 4) is 0 Å². The normalized spacial score (nSPS) is 11.1. The summed E-state index contributed by atoms with van der Waals surface area (Å²) in [6, 6.07) is 4.86. The van der Waals surface area contributed by atoms with Gasteiger partial charge in [0.2, 0.25) is 10.0 Å². The molecule has 0 aliphatic carbocycles. The Kier molecular flexibility index (Phi) is 6.09. The van der Waals surface area contributed by atoms with Gasteiger partial charge in [-0.05, 0) is 24.6 Å². The lowest BCUT2D eigenvalue weighted by atomic mass is 10.3. The molecule has 0 fully saturated rings. The Morgan fingerprint density at radius 1 is 1.47 bits per heavy atom. The molecule has 0 unspecified atom stereocenters. The van der Waals surface area contributed by atoms with E-state index in [4.69, 9.17) is 11.6 Å². The number of halogens is 2. The van der Waals surface area contributed by atoms with Crippen molar-refractivity contribution in [3.05, 3.63) is 27.7 Å². The molecule has 0 heterocycles. The Morgan fingerprint density at radius 3 is 2.79 bits per heavy atom. The van der Waals surface area contributed by atoms with Crippen molar-refractivity contribution in [1.29, 1.82) is 0 Å². The SMILES string of the molecule is COC(=O)CCCS(=O)(=O)Nc1cc(Br)ccc1Cl. The fourth-order valence-corrected chi connectivity index (χ4v) is 3.02. The number of rotatable bonds is 6. The second-order valence-corrected chi connectivity index (χ2v) is 6.89. The average molecular weight is 371 g/mol. The number of benzene rings is 1. The van der Waals surface area contributed by atoms with Gasteiger partial charge < -0.3 is 4.74 Å². The molecule has 0 bridgehead atoms. The maximum atomic E-state index is 11.8. The molecule has 0 saturated carbocycles. The third-order valence-corrected chi connectivity index (χ3v) is 4.40. The van der Waals surface area contributed by atoms with E-state index in [0.29, 0.717) is 15.2 Å². The highest BCUT2D eigenvalue weighted by Crippen LogP contribution is 2.26. The molecule has 0 saturated heterocycles. The van der Waals surface area contributed by atoms with Gasteiger partial charge in [-0.2, -0.15) is 0 Å². The predicted octanol–water partition coefficient (Wildman–Crippen LogP) is 2.80. The van der Waals surface area contributed by atoms with E-state index in [9.17, 15) is 13.2 Å². The number of nitrogens with one attached hydrogen (secondary N) is 1. The lowest BCUT2D eigenvalue weighted by Gasteiger charge is -2.09. The van der Waals surface area contributed by atoms with Gasteiger partial charge in [-0.3, -0.25) is 9.52 Å². The zero-order chi connectivity index (χ0) is 14.5. The summed E-state index contributed by atoms with van der Waals surface area (Å²) in [6.07, 6.45) is 0.247. The largest absolute Gasteiger partial charge is 0.469 e. The maximum Gasteiger partial charge on any atom is 0.305 e. The van der Waals surface area contributed by atoms with Crippen LogP contribution in [-0.2, 0) is 19.6 Å². The molecule has 1 aromatic rings. The summed E-state index contributed by atoms with van der Waals surface area (Å²) >= 11 is 9.12. The number of carbonyl (C=O) groups excluding carboxylic acids is 1. The number of hydrogen-bond donors (Lipinski definition) is 1. The molecule has 1 N–H and O–H groups in total. The molecule has 1 aromatic carbocycles. The first-order valence-corrected chi connectivity index (χ1v) is 8.19. The molecule has 1 rings (SSSR count). The first-order valence-electron chi connectivity index (χ1n) is 5.36. The number of ether oxygens (including phenoxy) is 1. The topological polar surface area (TPSA) is 72.5 Å². The second kappa shape index (κ2) is 7.12. The van der Waals surface area contributed by atoms with Crippen molar-refractivity contribution in [1.82, 2.24) is 0 Å². The molecule has 0 atom stereocenters. The number of methoxy groups -OCH3 is 1. The number of sulfonamides is 1. The summed E-state index contributed by atoms with van der Waals surface area (Å²) in [5.41, 5.74) is 0.300. The second-order valence-electron chi connectivity index (χ2n) is 3.72. The van der Waals surface area contributed by atoms with Gasteiger partial charge in [0.15, 0.2) is 0 Å². The molecule has 106 valence electrons. The van der Waals surface area contributed by atoms with Gasteiger partial charge in [-0.25, -0.2) is 8.42 Å². The van der Waals surface area contributed by atoms with Crippen molar-refractivity contribution in [2.45, 2.75) is 12.8 Å². The zero-order valence-electron chi connectivity index (χ0n) is 10.2. The van der Waals surface area contributed by atoms with Crippen molar-refractivity contribution in [3.63, 3.8) is 0 Å². The monoisotopic (exact) mass is 369 g/mol. The van der Waals surface area contributed by atoms with E-state index in [0.717, 1.165) is 0 Å². The van der Waals surface area contributed by atoms with Crippen LogP contribution in [0.5, 0.6) is 0 Å². The minimum atomic E-state index is -3.54. The van der Waals surface area contributed by atoms with E-state index in [2.05, 4.69) is 25.4 Å². The minimum Gasteiger partial charge on any atom is -0.469 e. The summed E-state index contributed by atoms with van der Waals surface area (Å²) < 4.78 is 31.1. The Balaban J connectivity index is 2.64. The lowest BCUT2D eigenvalue weighted by molar-refractivity contribution is -0.140.